The number of hydrogen-bond acceptors (Lipinski definition) is 8. The molecule has 0 radical (unpaired) electrons. The Morgan fingerprint density at radius 1 is 1.10 bits per heavy atom. The van der Waals surface area contributed by atoms with Crippen molar-refractivity contribution in [3.8, 4) is 11.5 Å². The van der Waals surface area contributed by atoms with Crippen LogP contribution in [0.15, 0.2) is 41.3 Å². The average Bonchev–Trinajstić information content (AvgIpc) is 3.18. The molecule has 2 saturated heterocycles. The summed E-state index contributed by atoms with van der Waals surface area (Å²) in [6.07, 6.45) is 1.55. The highest BCUT2D eigenvalue weighted by atomic mass is 35.5. The van der Waals surface area contributed by atoms with Gasteiger partial charge in [-0.05, 0) is 67.1 Å². The maximum atomic E-state index is 12.9. The third-order valence-electron chi connectivity index (χ3n) is 5.93. The predicted octanol–water partition coefficient (Wildman–Crippen LogP) is 3.96. The lowest BCUT2D eigenvalue weighted by atomic mass is 10.2. The number of thioether (sulfide) groups is 1. The van der Waals surface area contributed by atoms with Crippen LogP contribution in [0.3, 0.4) is 0 Å². The normalized spacial score (nSPS) is 16.5. The zero-order valence-electron chi connectivity index (χ0n) is 21.5. The summed E-state index contributed by atoms with van der Waals surface area (Å²) in [7, 11) is 0. The number of rotatable bonds is 9. The molecule has 0 saturated carbocycles. The number of aryl methyl sites for hydroxylation is 1. The molecule has 12 heteroatoms. The summed E-state index contributed by atoms with van der Waals surface area (Å²) < 4.78 is 16.7. The Morgan fingerprint density at radius 2 is 1.87 bits per heavy atom. The van der Waals surface area contributed by atoms with Gasteiger partial charge in [0, 0.05) is 23.8 Å². The predicted molar refractivity (Wildman–Crippen MR) is 148 cm³/mol. The maximum absolute atomic E-state index is 12.9. The van der Waals surface area contributed by atoms with Crippen molar-refractivity contribution in [3.05, 3.63) is 57.5 Å². The number of nitrogens with one attached hydrogen (secondary N) is 1. The quantitative estimate of drug-likeness (QED) is 0.448. The van der Waals surface area contributed by atoms with Crippen LogP contribution in [-0.4, -0.2) is 78.8 Å². The Bertz CT molecular complexity index is 1310. The molecule has 0 aliphatic carbocycles. The number of hydrogen-bond donors (Lipinski definition) is 1. The first-order valence-corrected chi connectivity index (χ1v) is 13.5. The molecule has 4 amide bonds. The second kappa shape index (κ2) is 13.0. The van der Waals surface area contributed by atoms with Crippen molar-refractivity contribution in [2.24, 2.45) is 0 Å². The van der Waals surface area contributed by atoms with E-state index in [-0.39, 0.29) is 17.4 Å². The summed E-state index contributed by atoms with van der Waals surface area (Å²) in [6, 6.07) is 10.1. The lowest BCUT2D eigenvalue weighted by Crippen LogP contribution is -2.43. The van der Waals surface area contributed by atoms with Gasteiger partial charge in [0.15, 0.2) is 18.1 Å². The lowest BCUT2D eigenvalue weighted by molar-refractivity contribution is -0.137. The first-order chi connectivity index (χ1) is 18.7. The number of benzene rings is 2. The zero-order chi connectivity index (χ0) is 27.9. The smallest absolute Gasteiger partial charge is 0.294 e. The van der Waals surface area contributed by atoms with Gasteiger partial charge in [0.05, 0.1) is 24.7 Å². The van der Waals surface area contributed by atoms with E-state index in [1.54, 1.807) is 47.4 Å². The fraction of sp³-hybridized carbons (Fsp3) is 0.333. The number of morpholine rings is 1. The van der Waals surface area contributed by atoms with E-state index in [2.05, 4.69) is 5.32 Å². The molecule has 0 bridgehead atoms. The van der Waals surface area contributed by atoms with E-state index in [4.69, 9.17) is 25.8 Å². The van der Waals surface area contributed by atoms with Gasteiger partial charge < -0.3 is 24.4 Å². The van der Waals surface area contributed by atoms with E-state index in [1.807, 2.05) is 13.8 Å². The standard InChI is InChI=1S/C27H28ClN3O7S/c1-3-37-22-12-18(5-7-21(22)38-16-25(33)30-8-10-36-11-9-30)13-23-26(34)31(27(35)39-23)15-24(32)29-20-14-19(28)6-4-17(20)2/h4-7,12-14H,3,8-11,15-16H2,1-2H3,(H,29,32)/b23-13-. The molecule has 2 fully saturated rings. The Labute approximate surface area is 235 Å². The summed E-state index contributed by atoms with van der Waals surface area (Å²) in [4.78, 5) is 53.2. The average molecular weight is 574 g/mol. The van der Waals surface area contributed by atoms with E-state index in [0.717, 1.165) is 22.2 Å². The van der Waals surface area contributed by atoms with Crippen molar-refractivity contribution in [2.45, 2.75) is 13.8 Å². The number of imide groups is 1. The van der Waals surface area contributed by atoms with Gasteiger partial charge >= 0.3 is 0 Å². The lowest BCUT2D eigenvalue weighted by Gasteiger charge is -2.26. The molecule has 2 aliphatic heterocycles. The van der Waals surface area contributed by atoms with Gasteiger partial charge in [-0.15, -0.1) is 0 Å². The van der Waals surface area contributed by atoms with E-state index in [9.17, 15) is 19.2 Å². The van der Waals surface area contributed by atoms with E-state index >= 15 is 0 Å². The van der Waals surface area contributed by atoms with Crippen LogP contribution >= 0.6 is 23.4 Å². The molecule has 4 rings (SSSR count). The van der Waals surface area contributed by atoms with Gasteiger partial charge in [-0.3, -0.25) is 24.1 Å². The molecule has 0 aromatic heterocycles. The molecule has 2 heterocycles. The highest BCUT2D eigenvalue weighted by molar-refractivity contribution is 8.18. The van der Waals surface area contributed by atoms with Crippen LogP contribution in [0.4, 0.5) is 10.5 Å². The first-order valence-electron chi connectivity index (χ1n) is 12.3. The third-order valence-corrected chi connectivity index (χ3v) is 7.07. The molecule has 10 nitrogen and oxygen atoms in total. The van der Waals surface area contributed by atoms with Crippen molar-refractivity contribution in [2.75, 3.05) is 51.4 Å². The molecule has 0 atom stereocenters. The molecule has 2 aromatic carbocycles. The van der Waals surface area contributed by atoms with Gasteiger partial charge in [-0.2, -0.15) is 0 Å². The van der Waals surface area contributed by atoms with Gasteiger partial charge in [0.2, 0.25) is 5.91 Å². The fourth-order valence-electron chi connectivity index (χ4n) is 3.90. The molecule has 1 N–H and O–H groups in total. The Morgan fingerprint density at radius 3 is 2.62 bits per heavy atom. The third kappa shape index (κ3) is 7.31. The van der Waals surface area contributed by atoms with Crippen LogP contribution in [0.5, 0.6) is 11.5 Å². The minimum atomic E-state index is -0.572. The monoisotopic (exact) mass is 573 g/mol. The Kier molecular flexibility index (Phi) is 9.50. The Hall–Kier alpha value is -3.54. The Balaban J connectivity index is 1.42. The summed E-state index contributed by atoms with van der Waals surface area (Å²) in [5, 5.41) is 2.60. The number of ether oxygens (including phenoxy) is 3. The molecule has 39 heavy (non-hydrogen) atoms. The molecule has 206 valence electrons. The zero-order valence-corrected chi connectivity index (χ0v) is 23.1. The van der Waals surface area contributed by atoms with Crippen LogP contribution in [0.1, 0.15) is 18.1 Å². The van der Waals surface area contributed by atoms with Crippen molar-refractivity contribution in [3.63, 3.8) is 0 Å². The number of carbonyl (C=O) groups excluding carboxylic acids is 4. The topological polar surface area (TPSA) is 114 Å². The highest BCUT2D eigenvalue weighted by Crippen LogP contribution is 2.35. The fourth-order valence-corrected chi connectivity index (χ4v) is 4.91. The largest absolute Gasteiger partial charge is 0.490 e. The molecule has 2 aromatic rings. The second-order valence-electron chi connectivity index (χ2n) is 8.70. The molecule has 0 spiro atoms. The van der Waals surface area contributed by atoms with E-state index < -0.39 is 23.6 Å². The number of carbonyl (C=O) groups is 4. The SMILES string of the molecule is CCOc1cc(/C=C2\SC(=O)N(CC(=O)Nc3cc(Cl)ccc3C)C2=O)ccc1OCC(=O)N1CCOCC1. The number of amides is 4. The minimum Gasteiger partial charge on any atom is -0.490 e. The minimum absolute atomic E-state index is 0.144. The highest BCUT2D eigenvalue weighted by Gasteiger charge is 2.36. The van der Waals surface area contributed by atoms with Crippen LogP contribution < -0.4 is 14.8 Å². The molecular formula is C27H28ClN3O7S. The van der Waals surface area contributed by atoms with E-state index in [0.29, 0.717) is 60.7 Å². The van der Waals surface area contributed by atoms with E-state index in [1.165, 1.54) is 0 Å². The van der Waals surface area contributed by atoms with Gasteiger partial charge in [-0.25, -0.2) is 0 Å². The van der Waals surface area contributed by atoms with Crippen molar-refractivity contribution >= 4 is 58.1 Å². The summed E-state index contributed by atoms with van der Waals surface area (Å²) in [5.41, 5.74) is 1.90. The van der Waals surface area contributed by atoms with Crippen LogP contribution in [0, 0.1) is 6.92 Å². The number of halogens is 1. The van der Waals surface area contributed by atoms with Crippen molar-refractivity contribution < 1.29 is 33.4 Å². The van der Waals surface area contributed by atoms with Crippen LogP contribution in [-0.2, 0) is 19.1 Å². The van der Waals surface area contributed by atoms with Gasteiger partial charge in [0.25, 0.3) is 17.1 Å². The maximum Gasteiger partial charge on any atom is 0.294 e. The van der Waals surface area contributed by atoms with Gasteiger partial charge in [-0.1, -0.05) is 23.7 Å². The van der Waals surface area contributed by atoms with Gasteiger partial charge in [0.1, 0.15) is 6.54 Å². The number of nitrogens with zero attached hydrogens (tertiary/aromatic N) is 2. The molecule has 2 aliphatic rings. The van der Waals surface area contributed by atoms with Crippen LogP contribution in [0.2, 0.25) is 5.02 Å². The summed E-state index contributed by atoms with van der Waals surface area (Å²) in [5.74, 6) is -0.450. The molecule has 0 unspecified atom stereocenters. The summed E-state index contributed by atoms with van der Waals surface area (Å²) in [6.45, 7) is 5.46. The number of anilines is 1. The van der Waals surface area contributed by atoms with Crippen LogP contribution in [0.25, 0.3) is 6.08 Å². The summed E-state index contributed by atoms with van der Waals surface area (Å²) >= 11 is 6.75. The van der Waals surface area contributed by atoms with Crippen molar-refractivity contribution in [1.29, 1.82) is 0 Å². The molecular weight excluding hydrogens is 546 g/mol. The first kappa shape index (κ1) is 28.5. The van der Waals surface area contributed by atoms with Crippen molar-refractivity contribution in [1.82, 2.24) is 9.80 Å². The second-order valence-corrected chi connectivity index (χ2v) is 10.1.